The minimum atomic E-state index is -1.03. The van der Waals surface area contributed by atoms with E-state index in [0.717, 1.165) is 10.9 Å². The fourth-order valence-corrected chi connectivity index (χ4v) is 2.20. The van der Waals surface area contributed by atoms with E-state index >= 15 is 0 Å². The summed E-state index contributed by atoms with van der Waals surface area (Å²) in [7, 11) is 3.35. The predicted octanol–water partition coefficient (Wildman–Crippen LogP) is 1.51. The number of aromatic nitrogens is 1. The first-order valence-electron chi connectivity index (χ1n) is 6.57. The third-order valence-electron chi connectivity index (χ3n) is 3.31. The van der Waals surface area contributed by atoms with E-state index < -0.39 is 5.97 Å². The van der Waals surface area contributed by atoms with Gasteiger partial charge in [0.05, 0.1) is 11.2 Å². The van der Waals surface area contributed by atoms with Crippen LogP contribution in [0.3, 0.4) is 0 Å². The van der Waals surface area contributed by atoms with Crippen molar-refractivity contribution in [2.75, 3.05) is 25.5 Å². The van der Waals surface area contributed by atoms with Crippen LogP contribution in [0.5, 0.6) is 0 Å². The molecular formula is C15H17N3O3. The van der Waals surface area contributed by atoms with Crippen LogP contribution in [0.4, 0.5) is 5.69 Å². The van der Waals surface area contributed by atoms with E-state index in [4.69, 9.17) is 0 Å². The molecule has 1 heterocycles. The Kier molecular flexibility index (Phi) is 4.37. The maximum absolute atomic E-state index is 11.4. The molecule has 0 aliphatic carbocycles. The van der Waals surface area contributed by atoms with Gasteiger partial charge in [-0.25, -0.2) is 4.79 Å². The van der Waals surface area contributed by atoms with E-state index in [9.17, 15) is 14.7 Å². The topological polar surface area (TPSA) is 82.5 Å². The Balaban J connectivity index is 2.45. The quantitative estimate of drug-likeness (QED) is 0.871. The number of carboxylic acids is 1. The smallest absolute Gasteiger partial charge is 0.339 e. The van der Waals surface area contributed by atoms with Gasteiger partial charge in [0.2, 0.25) is 5.91 Å². The molecule has 1 aromatic carbocycles. The molecule has 1 amide bonds. The Hall–Kier alpha value is -2.63. The van der Waals surface area contributed by atoms with Gasteiger partial charge in [0, 0.05) is 38.6 Å². The van der Waals surface area contributed by atoms with Crippen molar-refractivity contribution in [3.05, 3.63) is 36.0 Å². The minimum absolute atomic E-state index is 0.0860. The summed E-state index contributed by atoms with van der Waals surface area (Å²) in [5.41, 5.74) is 1.44. The van der Waals surface area contributed by atoms with Crippen molar-refractivity contribution in [3.8, 4) is 0 Å². The van der Waals surface area contributed by atoms with Gasteiger partial charge in [-0.05, 0) is 6.07 Å². The molecule has 0 saturated carbocycles. The normalized spacial score (nSPS) is 10.4. The van der Waals surface area contributed by atoms with Crippen molar-refractivity contribution in [1.82, 2.24) is 10.3 Å². The molecule has 2 rings (SSSR count). The molecule has 0 atom stereocenters. The highest BCUT2D eigenvalue weighted by molar-refractivity contribution is 6.04. The largest absolute Gasteiger partial charge is 0.478 e. The fourth-order valence-electron chi connectivity index (χ4n) is 2.20. The van der Waals surface area contributed by atoms with Crippen molar-refractivity contribution in [2.45, 2.75) is 6.42 Å². The van der Waals surface area contributed by atoms with E-state index in [-0.39, 0.29) is 11.5 Å². The zero-order chi connectivity index (χ0) is 15.4. The maximum Gasteiger partial charge on any atom is 0.339 e. The number of anilines is 1. The standard InChI is InChI=1S/C15H17N3O3/c1-16-13(19)7-8-18(2)14-10-5-3-4-6-12(10)17-9-11(14)15(20)21/h3-6,9H,7-8H2,1-2H3,(H,16,19)(H,20,21). The van der Waals surface area contributed by atoms with Gasteiger partial charge in [-0.1, -0.05) is 18.2 Å². The van der Waals surface area contributed by atoms with Gasteiger partial charge >= 0.3 is 5.97 Å². The molecule has 110 valence electrons. The average molecular weight is 287 g/mol. The van der Waals surface area contributed by atoms with Crippen molar-refractivity contribution in [2.24, 2.45) is 0 Å². The average Bonchev–Trinajstić information content (AvgIpc) is 2.50. The third kappa shape index (κ3) is 3.10. The van der Waals surface area contributed by atoms with Gasteiger partial charge in [-0.3, -0.25) is 9.78 Å². The number of hydrogen-bond donors (Lipinski definition) is 2. The van der Waals surface area contributed by atoms with Crippen LogP contribution in [0.25, 0.3) is 10.9 Å². The van der Waals surface area contributed by atoms with Crippen LogP contribution in [-0.4, -0.2) is 42.6 Å². The number of carbonyl (C=O) groups excluding carboxylic acids is 1. The zero-order valence-corrected chi connectivity index (χ0v) is 12.0. The molecule has 0 aliphatic heterocycles. The number of fused-ring (bicyclic) bond motifs is 1. The first kappa shape index (κ1) is 14.8. The van der Waals surface area contributed by atoms with E-state index in [2.05, 4.69) is 10.3 Å². The molecular weight excluding hydrogens is 270 g/mol. The van der Waals surface area contributed by atoms with Crippen LogP contribution in [0.15, 0.2) is 30.5 Å². The van der Waals surface area contributed by atoms with E-state index in [1.807, 2.05) is 24.3 Å². The van der Waals surface area contributed by atoms with Gasteiger partial charge in [-0.2, -0.15) is 0 Å². The lowest BCUT2D eigenvalue weighted by atomic mass is 10.1. The molecule has 0 fully saturated rings. The van der Waals surface area contributed by atoms with Crippen LogP contribution >= 0.6 is 0 Å². The van der Waals surface area contributed by atoms with Crippen LogP contribution < -0.4 is 10.2 Å². The Morgan fingerprint density at radius 1 is 1.33 bits per heavy atom. The lowest BCUT2D eigenvalue weighted by molar-refractivity contribution is -0.120. The number of amides is 1. The summed E-state index contributed by atoms with van der Waals surface area (Å²) in [6.07, 6.45) is 1.65. The number of carbonyl (C=O) groups is 2. The van der Waals surface area contributed by atoms with E-state index in [1.54, 1.807) is 19.0 Å². The van der Waals surface area contributed by atoms with E-state index in [0.29, 0.717) is 18.7 Å². The first-order valence-corrected chi connectivity index (χ1v) is 6.57. The molecule has 1 aromatic heterocycles. The Morgan fingerprint density at radius 2 is 2.05 bits per heavy atom. The summed E-state index contributed by atoms with van der Waals surface area (Å²) < 4.78 is 0. The number of rotatable bonds is 5. The number of nitrogens with one attached hydrogen (secondary N) is 1. The van der Waals surface area contributed by atoms with E-state index in [1.165, 1.54) is 6.20 Å². The minimum Gasteiger partial charge on any atom is -0.478 e. The SMILES string of the molecule is CNC(=O)CCN(C)c1c(C(=O)O)cnc2ccccc12. The molecule has 0 spiro atoms. The summed E-state index contributed by atoms with van der Waals surface area (Å²) in [5.74, 6) is -1.12. The zero-order valence-electron chi connectivity index (χ0n) is 12.0. The fraction of sp³-hybridized carbons (Fsp3) is 0.267. The Bertz CT molecular complexity index is 685. The second kappa shape index (κ2) is 6.21. The van der Waals surface area contributed by atoms with Gasteiger partial charge in [0.15, 0.2) is 0 Å². The lowest BCUT2D eigenvalue weighted by Gasteiger charge is -2.22. The van der Waals surface area contributed by atoms with Crippen molar-refractivity contribution < 1.29 is 14.7 Å². The lowest BCUT2D eigenvalue weighted by Crippen LogP contribution is -2.27. The molecule has 6 nitrogen and oxygen atoms in total. The van der Waals surface area contributed by atoms with Gasteiger partial charge < -0.3 is 15.3 Å². The Morgan fingerprint density at radius 3 is 2.71 bits per heavy atom. The van der Waals surface area contributed by atoms with Crippen LogP contribution in [0.1, 0.15) is 16.8 Å². The Labute approximate surface area is 122 Å². The number of para-hydroxylation sites is 1. The summed E-state index contributed by atoms with van der Waals surface area (Å²) in [6.45, 7) is 0.425. The predicted molar refractivity (Wildman–Crippen MR) is 80.7 cm³/mol. The third-order valence-corrected chi connectivity index (χ3v) is 3.31. The summed E-state index contributed by atoms with van der Waals surface area (Å²) in [6, 6.07) is 7.35. The monoisotopic (exact) mass is 287 g/mol. The number of nitrogens with zero attached hydrogens (tertiary/aromatic N) is 2. The van der Waals surface area contributed by atoms with Gasteiger partial charge in [0.25, 0.3) is 0 Å². The van der Waals surface area contributed by atoms with Crippen molar-refractivity contribution >= 4 is 28.5 Å². The summed E-state index contributed by atoms with van der Waals surface area (Å²) >= 11 is 0. The number of aromatic carboxylic acids is 1. The molecule has 2 aromatic rings. The molecule has 0 bridgehead atoms. The number of hydrogen-bond acceptors (Lipinski definition) is 4. The molecule has 0 aliphatic rings. The molecule has 0 radical (unpaired) electrons. The van der Waals surface area contributed by atoms with Crippen LogP contribution in [0.2, 0.25) is 0 Å². The number of pyridine rings is 1. The highest BCUT2D eigenvalue weighted by Crippen LogP contribution is 2.28. The summed E-state index contributed by atoms with van der Waals surface area (Å²) in [4.78, 5) is 28.7. The molecule has 21 heavy (non-hydrogen) atoms. The molecule has 0 saturated heterocycles. The van der Waals surface area contributed by atoms with Crippen molar-refractivity contribution in [3.63, 3.8) is 0 Å². The molecule has 6 heteroatoms. The highest BCUT2D eigenvalue weighted by atomic mass is 16.4. The molecule has 2 N–H and O–H groups in total. The van der Waals surface area contributed by atoms with Crippen LogP contribution in [0, 0.1) is 0 Å². The maximum atomic E-state index is 11.4. The highest BCUT2D eigenvalue weighted by Gasteiger charge is 2.18. The van der Waals surface area contributed by atoms with Crippen LogP contribution in [-0.2, 0) is 4.79 Å². The van der Waals surface area contributed by atoms with Gasteiger partial charge in [0.1, 0.15) is 5.56 Å². The second-order valence-corrected chi connectivity index (χ2v) is 4.69. The number of benzene rings is 1. The summed E-state index contributed by atoms with van der Waals surface area (Å²) in [5, 5.41) is 12.7. The van der Waals surface area contributed by atoms with Crippen molar-refractivity contribution in [1.29, 1.82) is 0 Å². The first-order chi connectivity index (χ1) is 10.0. The number of carboxylic acid groups (broad SMARTS) is 1. The second-order valence-electron chi connectivity index (χ2n) is 4.69. The molecule has 0 unspecified atom stereocenters. The van der Waals surface area contributed by atoms with Gasteiger partial charge in [-0.15, -0.1) is 0 Å².